The molecule has 0 aliphatic carbocycles. The molecule has 7 heteroatoms. The predicted octanol–water partition coefficient (Wildman–Crippen LogP) is 1.54. The van der Waals surface area contributed by atoms with E-state index in [1.165, 1.54) is 15.9 Å². The lowest BCUT2D eigenvalue weighted by molar-refractivity contribution is 0.878. The summed E-state index contributed by atoms with van der Waals surface area (Å²) in [6.45, 7) is 0. The molecule has 0 aliphatic heterocycles. The second kappa shape index (κ2) is 3.25. The van der Waals surface area contributed by atoms with Crippen LogP contribution in [0.3, 0.4) is 0 Å². The van der Waals surface area contributed by atoms with Crippen LogP contribution < -0.4 is 5.56 Å². The zero-order chi connectivity index (χ0) is 9.42. The molecule has 0 saturated heterocycles. The Morgan fingerprint density at radius 1 is 1.62 bits per heavy atom. The molecule has 0 unspecified atom stereocenters. The highest BCUT2D eigenvalue weighted by molar-refractivity contribution is 7.14. The monoisotopic (exact) mass is 235 g/mol. The Kier molecular flexibility index (Phi) is 2.23. The zero-order valence-electron chi connectivity index (χ0n) is 6.20. The van der Waals surface area contributed by atoms with E-state index in [0.717, 1.165) is 0 Å². The van der Waals surface area contributed by atoms with Crippen molar-refractivity contribution in [1.82, 2.24) is 14.6 Å². The summed E-state index contributed by atoms with van der Waals surface area (Å²) in [4.78, 5) is 15.4. The Balaban J connectivity index is 2.96. The molecule has 0 radical (unpaired) electrons. The fourth-order valence-electron chi connectivity index (χ4n) is 0.944. The van der Waals surface area contributed by atoms with Crippen molar-refractivity contribution < 1.29 is 0 Å². The van der Waals surface area contributed by atoms with Crippen LogP contribution in [0.4, 0.5) is 0 Å². The molecule has 0 N–H and O–H groups in total. The third kappa shape index (κ3) is 1.33. The van der Waals surface area contributed by atoms with E-state index >= 15 is 0 Å². The second-order valence-corrected chi connectivity index (χ2v) is 3.70. The van der Waals surface area contributed by atoms with Crippen LogP contribution in [-0.4, -0.2) is 14.6 Å². The van der Waals surface area contributed by atoms with Crippen LogP contribution in [0, 0.1) is 0 Å². The molecule has 2 aromatic heterocycles. The topological polar surface area (TPSA) is 47.3 Å². The van der Waals surface area contributed by atoms with Gasteiger partial charge in [0.1, 0.15) is 10.5 Å². The number of hydrogen-bond acceptors (Lipinski definition) is 4. The van der Waals surface area contributed by atoms with Gasteiger partial charge in [-0.05, 0) is 0 Å². The Morgan fingerprint density at radius 2 is 2.38 bits per heavy atom. The highest BCUT2D eigenvalue weighted by Gasteiger charge is 2.11. The number of nitrogens with zero attached hydrogens (tertiary/aromatic N) is 3. The summed E-state index contributed by atoms with van der Waals surface area (Å²) >= 11 is 12.6. The first-order chi connectivity index (χ1) is 6.24. The van der Waals surface area contributed by atoms with Crippen LogP contribution in [0.1, 0.15) is 5.69 Å². The number of alkyl halides is 1. The summed E-state index contributed by atoms with van der Waals surface area (Å²) in [6.07, 6.45) is 0. The van der Waals surface area contributed by atoms with E-state index in [1.54, 1.807) is 5.51 Å². The first-order valence-corrected chi connectivity index (χ1v) is 5.10. The first kappa shape index (κ1) is 8.93. The van der Waals surface area contributed by atoms with Gasteiger partial charge >= 0.3 is 0 Å². The van der Waals surface area contributed by atoms with Crippen LogP contribution in [0.5, 0.6) is 0 Å². The number of rotatable bonds is 1. The molecule has 0 aliphatic rings. The molecule has 0 aromatic carbocycles. The van der Waals surface area contributed by atoms with Crippen LogP contribution in [0.2, 0.25) is 5.02 Å². The summed E-state index contributed by atoms with van der Waals surface area (Å²) < 4.78 is 1.47. The lowest BCUT2D eigenvalue weighted by atomic mass is 10.4. The van der Waals surface area contributed by atoms with Crippen molar-refractivity contribution in [3.8, 4) is 0 Å². The van der Waals surface area contributed by atoms with Gasteiger partial charge < -0.3 is 0 Å². The maximum atomic E-state index is 11.2. The van der Waals surface area contributed by atoms with E-state index in [-0.39, 0.29) is 10.9 Å². The molecule has 0 atom stereocenters. The number of halogens is 2. The third-order valence-corrected chi connectivity index (χ3v) is 2.83. The largest absolute Gasteiger partial charge is 0.293 e. The quantitative estimate of drug-likeness (QED) is 0.705. The minimum Gasteiger partial charge on any atom is -0.266 e. The lowest BCUT2D eigenvalue weighted by Gasteiger charge is -1.99. The van der Waals surface area contributed by atoms with Gasteiger partial charge in [-0.1, -0.05) is 22.9 Å². The lowest BCUT2D eigenvalue weighted by Crippen LogP contribution is -2.13. The Bertz CT molecular complexity index is 506. The minimum atomic E-state index is -0.457. The second-order valence-electron chi connectivity index (χ2n) is 2.24. The molecule has 0 fully saturated rings. The molecule has 68 valence electrons. The molecule has 2 heterocycles. The van der Waals surface area contributed by atoms with Crippen molar-refractivity contribution >= 4 is 39.5 Å². The molecule has 0 amide bonds. The van der Waals surface area contributed by atoms with Gasteiger partial charge in [0.05, 0.1) is 11.6 Å². The van der Waals surface area contributed by atoms with Gasteiger partial charge in [0.15, 0.2) is 0 Å². The summed E-state index contributed by atoms with van der Waals surface area (Å²) in [5, 5.41) is 4.00. The van der Waals surface area contributed by atoms with E-state index < -0.39 is 5.56 Å². The van der Waals surface area contributed by atoms with Gasteiger partial charge in [0.25, 0.3) is 5.56 Å². The summed E-state index contributed by atoms with van der Waals surface area (Å²) in [5.41, 5.74) is 1.61. The van der Waals surface area contributed by atoms with Gasteiger partial charge in [-0.2, -0.15) is 10.1 Å². The minimum absolute atomic E-state index is 0.0402. The van der Waals surface area contributed by atoms with Gasteiger partial charge in [0.2, 0.25) is 4.96 Å². The molecular formula is C6H3Cl2N3OS. The molecule has 2 rings (SSSR count). The van der Waals surface area contributed by atoms with Gasteiger partial charge in [-0.3, -0.25) is 4.79 Å². The van der Waals surface area contributed by atoms with Crippen LogP contribution in [0.15, 0.2) is 10.3 Å². The molecule has 2 aromatic rings. The Hall–Kier alpha value is -0.650. The molecule has 13 heavy (non-hydrogen) atoms. The van der Waals surface area contributed by atoms with Crippen LogP contribution in [-0.2, 0) is 5.88 Å². The van der Waals surface area contributed by atoms with E-state index in [4.69, 9.17) is 23.2 Å². The Labute approximate surface area is 86.7 Å². The van der Waals surface area contributed by atoms with Crippen molar-refractivity contribution in [1.29, 1.82) is 0 Å². The van der Waals surface area contributed by atoms with E-state index in [2.05, 4.69) is 10.1 Å². The normalized spacial score (nSPS) is 10.9. The number of aromatic nitrogens is 3. The van der Waals surface area contributed by atoms with Crippen molar-refractivity contribution in [2.75, 3.05) is 0 Å². The fraction of sp³-hybridized carbons (Fsp3) is 0.167. The third-order valence-electron chi connectivity index (χ3n) is 1.52. The first-order valence-electron chi connectivity index (χ1n) is 3.31. The van der Waals surface area contributed by atoms with E-state index in [0.29, 0.717) is 10.7 Å². The average molecular weight is 236 g/mol. The predicted molar refractivity (Wildman–Crippen MR) is 51.7 cm³/mol. The van der Waals surface area contributed by atoms with E-state index in [9.17, 15) is 4.79 Å². The maximum absolute atomic E-state index is 11.2. The number of hydrogen-bond donors (Lipinski definition) is 0. The standard InChI is InChI=1S/C6H3Cl2N3OS/c7-1-3-4(8)5(12)10-6-11(3)9-2-13-6/h2H,1H2. The molecule has 0 bridgehead atoms. The summed E-state index contributed by atoms with van der Waals surface area (Å²) in [7, 11) is 0. The van der Waals surface area contributed by atoms with Crippen molar-refractivity contribution in [2.45, 2.75) is 5.88 Å². The molecule has 0 saturated carbocycles. The van der Waals surface area contributed by atoms with E-state index in [1.807, 2.05) is 0 Å². The molecular weight excluding hydrogens is 233 g/mol. The van der Waals surface area contributed by atoms with Crippen LogP contribution >= 0.6 is 34.5 Å². The smallest absolute Gasteiger partial charge is 0.266 e. The van der Waals surface area contributed by atoms with Gasteiger partial charge in [0, 0.05) is 0 Å². The highest BCUT2D eigenvalue weighted by Crippen LogP contribution is 2.15. The summed E-state index contributed by atoms with van der Waals surface area (Å²) in [6, 6.07) is 0. The summed E-state index contributed by atoms with van der Waals surface area (Å²) in [5.74, 6) is 0.140. The van der Waals surface area contributed by atoms with Crippen molar-refractivity contribution in [3.63, 3.8) is 0 Å². The molecule has 4 nitrogen and oxygen atoms in total. The Morgan fingerprint density at radius 3 is 3.08 bits per heavy atom. The van der Waals surface area contributed by atoms with Gasteiger partial charge in [-0.25, -0.2) is 4.52 Å². The van der Waals surface area contributed by atoms with Crippen molar-refractivity contribution in [2.24, 2.45) is 0 Å². The maximum Gasteiger partial charge on any atom is 0.293 e. The van der Waals surface area contributed by atoms with Crippen molar-refractivity contribution in [3.05, 3.63) is 26.6 Å². The molecule has 0 spiro atoms. The zero-order valence-corrected chi connectivity index (χ0v) is 8.53. The van der Waals surface area contributed by atoms with Gasteiger partial charge in [-0.15, -0.1) is 11.6 Å². The SMILES string of the molecule is O=c1nc2scnn2c(CCl)c1Cl. The fourth-order valence-corrected chi connectivity index (χ4v) is 2.08. The highest BCUT2D eigenvalue weighted by atomic mass is 35.5. The van der Waals surface area contributed by atoms with Crippen LogP contribution in [0.25, 0.3) is 4.96 Å². The average Bonchev–Trinajstić information content (AvgIpc) is 2.54. The number of fused-ring (bicyclic) bond motifs is 1.